The Bertz CT molecular complexity index is 2300. The van der Waals surface area contributed by atoms with Crippen LogP contribution in [0.5, 0.6) is 0 Å². The Hall–Kier alpha value is -4.52. The third-order valence-electron chi connectivity index (χ3n) is 13.6. The van der Waals surface area contributed by atoms with Crippen molar-refractivity contribution < 1.29 is 19.2 Å². The molecule has 0 aliphatic carbocycles. The highest BCUT2D eigenvalue weighted by molar-refractivity contribution is 6.42. The van der Waals surface area contributed by atoms with Crippen LogP contribution < -0.4 is 4.90 Å². The molecule has 0 fully saturated rings. The molecule has 0 N–H and O–H groups in total. The fourth-order valence-corrected chi connectivity index (χ4v) is 10.4. The number of amides is 4. The van der Waals surface area contributed by atoms with Gasteiger partial charge in [0.05, 0.1) is 5.56 Å². The fraction of sp³-hybridized carbons (Fsp3) is 0.538. The van der Waals surface area contributed by atoms with Gasteiger partial charge in [-0.25, -0.2) is 0 Å². The molecule has 7 rings (SSSR count). The Morgan fingerprint density at radius 2 is 0.763 bits per heavy atom. The normalized spacial score (nSPS) is 14.3. The number of benzene rings is 5. The van der Waals surface area contributed by atoms with Gasteiger partial charge in [-0.2, -0.15) is 0 Å². The van der Waals surface area contributed by atoms with Crippen LogP contribution in [0, 0.1) is 0 Å². The van der Waals surface area contributed by atoms with Gasteiger partial charge in [0.15, 0.2) is 0 Å². The number of imide groups is 2. The molecule has 0 spiro atoms. The number of unbranched alkanes of at least 4 members (excludes halogenated alkanes) is 12. The van der Waals surface area contributed by atoms with Crippen LogP contribution in [0.15, 0.2) is 42.5 Å². The molecule has 0 bridgehead atoms. The van der Waals surface area contributed by atoms with Gasteiger partial charge in [-0.05, 0) is 71.5 Å². The molecule has 0 radical (unpaired) electrons. The first-order valence-electron chi connectivity index (χ1n) is 23.4. The monoisotopic (exact) mass is 798 g/mol. The van der Waals surface area contributed by atoms with Crippen molar-refractivity contribution in [1.29, 1.82) is 0 Å². The molecule has 314 valence electrons. The molecule has 0 saturated heterocycles. The highest BCUT2D eigenvalue weighted by Gasteiger charge is 2.41. The predicted octanol–water partition coefficient (Wildman–Crippen LogP) is 13.6. The average molecular weight is 798 g/mol. The van der Waals surface area contributed by atoms with E-state index < -0.39 is 0 Å². The van der Waals surface area contributed by atoms with E-state index in [0.717, 1.165) is 177 Å². The summed E-state index contributed by atoms with van der Waals surface area (Å²) in [5, 5.41) is 6.97. The summed E-state index contributed by atoms with van der Waals surface area (Å²) in [4.78, 5) is 64.2. The van der Waals surface area contributed by atoms with E-state index in [9.17, 15) is 19.2 Å². The molecule has 0 saturated carbocycles. The first-order chi connectivity index (χ1) is 28.7. The molecule has 0 atom stereocenters. The Kier molecular flexibility index (Phi) is 13.6. The summed E-state index contributed by atoms with van der Waals surface area (Å²) in [5.74, 6) is -0.779. The lowest BCUT2D eigenvalue weighted by molar-refractivity contribution is 0.0501. The molecule has 2 aliphatic heterocycles. The van der Waals surface area contributed by atoms with E-state index in [0.29, 0.717) is 22.3 Å². The van der Waals surface area contributed by atoms with E-state index in [1.165, 1.54) is 0 Å². The zero-order valence-corrected chi connectivity index (χ0v) is 36.8. The summed E-state index contributed by atoms with van der Waals surface area (Å²) in [6.07, 6.45) is 20.9. The number of nitrogens with zero attached hydrogens (tertiary/aromatic N) is 3. The average Bonchev–Trinajstić information content (AvgIpc) is 3.23. The summed E-state index contributed by atoms with van der Waals surface area (Å²) in [7, 11) is 4.00. The predicted molar refractivity (Wildman–Crippen MR) is 246 cm³/mol. The molecule has 2 heterocycles. The standard InChI is InChI=1S/C52H67N3O4/c1-7-11-15-19-23-34(24-20-16-12-8-2)54-49(56)39-30-27-36-37-28-31-41-46-42(52(59)55(51(41)58)35(25-21-17-13-9-3)26-22-18-14-10-4)33-43(53(5)6)47(48(37)46)38-29-32-40(50(54)57)45(39)44(36)38/h27-35H,7-26H2,1-6H3. The number of hydrogen-bond donors (Lipinski definition) is 0. The van der Waals surface area contributed by atoms with Crippen molar-refractivity contribution in [2.24, 2.45) is 0 Å². The van der Waals surface area contributed by atoms with Crippen molar-refractivity contribution in [3.8, 4) is 0 Å². The Morgan fingerprint density at radius 1 is 0.407 bits per heavy atom. The Balaban J connectivity index is 1.36. The maximum absolute atomic E-state index is 14.9. The molecular weight excluding hydrogens is 731 g/mol. The molecule has 5 aromatic carbocycles. The number of rotatable bonds is 23. The van der Waals surface area contributed by atoms with Gasteiger partial charge in [-0.15, -0.1) is 0 Å². The van der Waals surface area contributed by atoms with E-state index in [-0.39, 0.29) is 35.7 Å². The van der Waals surface area contributed by atoms with Gasteiger partial charge < -0.3 is 4.90 Å². The lowest BCUT2D eigenvalue weighted by Crippen LogP contribution is -2.47. The lowest BCUT2D eigenvalue weighted by atomic mass is 9.81. The van der Waals surface area contributed by atoms with Crippen molar-refractivity contribution in [3.05, 3.63) is 64.7 Å². The van der Waals surface area contributed by atoms with Crippen molar-refractivity contribution >= 4 is 72.4 Å². The second-order valence-corrected chi connectivity index (χ2v) is 17.9. The van der Waals surface area contributed by atoms with Crippen molar-refractivity contribution in [2.45, 2.75) is 168 Å². The van der Waals surface area contributed by atoms with Crippen LogP contribution >= 0.6 is 0 Å². The minimum absolute atomic E-state index is 0.127. The lowest BCUT2D eigenvalue weighted by Gasteiger charge is -2.36. The summed E-state index contributed by atoms with van der Waals surface area (Å²) < 4.78 is 0. The largest absolute Gasteiger partial charge is 0.377 e. The summed E-state index contributed by atoms with van der Waals surface area (Å²) in [6, 6.07) is 13.6. The Labute approximate surface area is 352 Å². The molecule has 0 unspecified atom stereocenters. The topological polar surface area (TPSA) is 78.0 Å². The first kappa shape index (κ1) is 42.6. The van der Waals surface area contributed by atoms with Crippen LogP contribution in [0.4, 0.5) is 5.69 Å². The number of carbonyl (C=O) groups excluding carboxylic acids is 4. The quantitative estimate of drug-likeness (QED) is 0.0285. The van der Waals surface area contributed by atoms with Crippen LogP contribution in [0.2, 0.25) is 0 Å². The fourth-order valence-electron chi connectivity index (χ4n) is 10.4. The first-order valence-corrected chi connectivity index (χ1v) is 23.4. The van der Waals surface area contributed by atoms with Gasteiger partial charge in [-0.1, -0.05) is 149 Å². The minimum atomic E-state index is -0.198. The maximum atomic E-state index is 14.9. The van der Waals surface area contributed by atoms with Crippen LogP contribution in [0.3, 0.4) is 0 Å². The van der Waals surface area contributed by atoms with Crippen molar-refractivity contribution in [1.82, 2.24) is 9.80 Å². The SMILES string of the molecule is CCCCCCC(CCCCCC)N1C(=O)c2ccc3c4ccc5c6c(cc(N(C)C)c(c7ccc(c2c37)C1=O)c64)C(=O)N(C(CCCCCC)CCCCCC)C5=O. The van der Waals surface area contributed by atoms with E-state index >= 15 is 0 Å². The van der Waals surface area contributed by atoms with E-state index in [1.54, 1.807) is 9.80 Å². The molecule has 2 aliphatic rings. The summed E-state index contributed by atoms with van der Waals surface area (Å²) in [6.45, 7) is 8.82. The molecule has 7 nitrogen and oxygen atoms in total. The highest BCUT2D eigenvalue weighted by atomic mass is 16.2. The molecular formula is C52H67N3O4. The van der Waals surface area contributed by atoms with Crippen molar-refractivity contribution in [3.63, 3.8) is 0 Å². The summed E-state index contributed by atoms with van der Waals surface area (Å²) in [5.41, 5.74) is 3.21. The van der Waals surface area contributed by atoms with Crippen molar-refractivity contribution in [2.75, 3.05) is 19.0 Å². The number of fused-ring (bicyclic) bond motifs is 2. The Morgan fingerprint density at radius 3 is 1.15 bits per heavy atom. The number of hydrogen-bond acceptors (Lipinski definition) is 5. The molecule has 7 heteroatoms. The smallest absolute Gasteiger partial charge is 0.261 e. The zero-order valence-electron chi connectivity index (χ0n) is 36.8. The maximum Gasteiger partial charge on any atom is 0.261 e. The van der Waals surface area contributed by atoms with Gasteiger partial charge in [-0.3, -0.25) is 29.0 Å². The van der Waals surface area contributed by atoms with E-state index in [4.69, 9.17) is 0 Å². The van der Waals surface area contributed by atoms with Gasteiger partial charge in [0.1, 0.15) is 0 Å². The molecule has 4 amide bonds. The van der Waals surface area contributed by atoms with Gasteiger partial charge in [0.2, 0.25) is 0 Å². The van der Waals surface area contributed by atoms with Gasteiger partial charge >= 0.3 is 0 Å². The van der Waals surface area contributed by atoms with E-state index in [1.807, 2.05) is 50.5 Å². The third-order valence-corrected chi connectivity index (χ3v) is 13.6. The van der Waals surface area contributed by atoms with Crippen LogP contribution in [-0.4, -0.2) is 59.6 Å². The van der Waals surface area contributed by atoms with Gasteiger partial charge in [0.25, 0.3) is 23.6 Å². The molecule has 5 aromatic rings. The zero-order chi connectivity index (χ0) is 41.8. The van der Waals surface area contributed by atoms with Crippen LogP contribution in [0.25, 0.3) is 43.1 Å². The highest BCUT2D eigenvalue weighted by Crippen LogP contribution is 2.49. The number of anilines is 1. The van der Waals surface area contributed by atoms with Crippen LogP contribution in [-0.2, 0) is 0 Å². The molecule has 0 aromatic heterocycles. The second kappa shape index (κ2) is 18.8. The summed E-state index contributed by atoms with van der Waals surface area (Å²) >= 11 is 0. The van der Waals surface area contributed by atoms with Crippen LogP contribution in [0.1, 0.15) is 198 Å². The second-order valence-electron chi connectivity index (χ2n) is 17.9. The molecule has 59 heavy (non-hydrogen) atoms. The third kappa shape index (κ3) is 7.84. The number of carbonyl (C=O) groups is 4. The minimum Gasteiger partial charge on any atom is -0.377 e. The van der Waals surface area contributed by atoms with E-state index in [2.05, 4.69) is 38.7 Å². The van der Waals surface area contributed by atoms with Gasteiger partial charge in [0, 0.05) is 70.1 Å².